The second kappa shape index (κ2) is 6.58. The summed E-state index contributed by atoms with van der Waals surface area (Å²) < 4.78 is 10.8. The molecule has 0 fully saturated rings. The monoisotopic (exact) mass is 327 g/mol. The van der Waals surface area contributed by atoms with E-state index >= 15 is 0 Å². The standard InChI is InChI=1S/C18H14ClNO3/c1-22-15-6-8-17-12(10-15)11-16(23-17)7-9-18(21)20-14-4-2-13(19)3-5-14/h2-11H,1H3,(H,20,21)/b9-7+. The van der Waals surface area contributed by atoms with Gasteiger partial charge in [0.25, 0.3) is 0 Å². The Morgan fingerprint density at radius 1 is 1.17 bits per heavy atom. The van der Waals surface area contributed by atoms with Crippen LogP contribution < -0.4 is 10.1 Å². The third-order valence-electron chi connectivity index (χ3n) is 3.25. The highest BCUT2D eigenvalue weighted by molar-refractivity contribution is 6.30. The minimum absolute atomic E-state index is 0.245. The molecule has 0 aliphatic rings. The Kier molecular flexibility index (Phi) is 4.35. The summed E-state index contributed by atoms with van der Waals surface area (Å²) in [7, 11) is 1.61. The molecule has 3 rings (SSSR count). The van der Waals surface area contributed by atoms with Crippen LogP contribution in [0.2, 0.25) is 5.02 Å². The first-order valence-corrected chi connectivity index (χ1v) is 7.34. The van der Waals surface area contributed by atoms with Gasteiger partial charge in [-0.1, -0.05) is 11.6 Å². The molecule has 2 aromatic carbocycles. The van der Waals surface area contributed by atoms with Crippen LogP contribution >= 0.6 is 11.6 Å². The van der Waals surface area contributed by atoms with Crippen molar-refractivity contribution in [2.24, 2.45) is 0 Å². The van der Waals surface area contributed by atoms with E-state index in [1.54, 1.807) is 37.5 Å². The second-order valence-corrected chi connectivity index (χ2v) is 5.32. The lowest BCUT2D eigenvalue weighted by Crippen LogP contribution is -2.07. The molecule has 0 bridgehead atoms. The van der Waals surface area contributed by atoms with E-state index in [0.29, 0.717) is 16.5 Å². The highest BCUT2D eigenvalue weighted by Crippen LogP contribution is 2.24. The van der Waals surface area contributed by atoms with Crippen molar-refractivity contribution in [3.8, 4) is 5.75 Å². The molecule has 0 spiro atoms. The van der Waals surface area contributed by atoms with Gasteiger partial charge in [-0.15, -0.1) is 0 Å². The molecule has 4 nitrogen and oxygen atoms in total. The smallest absolute Gasteiger partial charge is 0.248 e. The Morgan fingerprint density at radius 2 is 1.96 bits per heavy atom. The molecule has 1 aromatic heterocycles. The van der Waals surface area contributed by atoms with Crippen LogP contribution in [0.15, 0.2) is 59.0 Å². The van der Waals surface area contributed by atoms with E-state index in [-0.39, 0.29) is 5.91 Å². The van der Waals surface area contributed by atoms with Crippen molar-refractivity contribution in [2.75, 3.05) is 12.4 Å². The van der Waals surface area contributed by atoms with Gasteiger partial charge in [0.2, 0.25) is 5.91 Å². The van der Waals surface area contributed by atoms with Crippen molar-refractivity contribution in [1.82, 2.24) is 0 Å². The number of hydrogen-bond acceptors (Lipinski definition) is 3. The van der Waals surface area contributed by atoms with Gasteiger partial charge >= 0.3 is 0 Å². The van der Waals surface area contributed by atoms with Crippen LogP contribution in [-0.2, 0) is 4.79 Å². The van der Waals surface area contributed by atoms with Gasteiger partial charge in [-0.2, -0.15) is 0 Å². The van der Waals surface area contributed by atoms with Crippen LogP contribution in [-0.4, -0.2) is 13.0 Å². The molecular formula is C18H14ClNO3. The number of carbonyl (C=O) groups excluding carboxylic acids is 1. The van der Waals surface area contributed by atoms with Crippen molar-refractivity contribution >= 4 is 40.2 Å². The molecule has 116 valence electrons. The number of methoxy groups -OCH3 is 1. The second-order valence-electron chi connectivity index (χ2n) is 4.88. The number of carbonyl (C=O) groups is 1. The summed E-state index contributed by atoms with van der Waals surface area (Å²) in [6, 6.07) is 14.3. The van der Waals surface area contributed by atoms with Gasteiger partial charge in [-0.25, -0.2) is 0 Å². The highest BCUT2D eigenvalue weighted by atomic mass is 35.5. The van der Waals surface area contributed by atoms with E-state index in [1.807, 2.05) is 24.3 Å². The molecule has 1 heterocycles. The first kappa shape index (κ1) is 15.2. The molecule has 3 aromatic rings. The zero-order valence-electron chi connectivity index (χ0n) is 12.4. The quantitative estimate of drug-likeness (QED) is 0.704. The summed E-state index contributed by atoms with van der Waals surface area (Å²) in [5.74, 6) is 1.11. The number of halogens is 1. The zero-order valence-corrected chi connectivity index (χ0v) is 13.1. The Bertz CT molecular complexity index is 866. The van der Waals surface area contributed by atoms with Crippen LogP contribution in [0.25, 0.3) is 17.0 Å². The molecule has 0 unspecified atom stereocenters. The lowest BCUT2D eigenvalue weighted by molar-refractivity contribution is -0.111. The van der Waals surface area contributed by atoms with Crippen molar-refractivity contribution in [1.29, 1.82) is 0 Å². The SMILES string of the molecule is COc1ccc2oc(/C=C/C(=O)Nc3ccc(Cl)cc3)cc2c1. The highest BCUT2D eigenvalue weighted by Gasteiger charge is 2.04. The number of amides is 1. The van der Waals surface area contributed by atoms with Gasteiger partial charge in [0, 0.05) is 22.2 Å². The van der Waals surface area contributed by atoms with Gasteiger partial charge in [0.1, 0.15) is 17.1 Å². The van der Waals surface area contributed by atoms with E-state index in [0.717, 1.165) is 16.7 Å². The fraction of sp³-hybridized carbons (Fsp3) is 0.0556. The van der Waals surface area contributed by atoms with Crippen molar-refractivity contribution in [3.63, 3.8) is 0 Å². The van der Waals surface area contributed by atoms with E-state index in [9.17, 15) is 4.79 Å². The summed E-state index contributed by atoms with van der Waals surface area (Å²) in [5.41, 5.74) is 1.42. The number of nitrogens with one attached hydrogen (secondary N) is 1. The number of furan rings is 1. The average Bonchev–Trinajstić information content (AvgIpc) is 2.97. The fourth-order valence-corrected chi connectivity index (χ4v) is 2.25. The average molecular weight is 328 g/mol. The number of benzene rings is 2. The summed E-state index contributed by atoms with van der Waals surface area (Å²) in [6.45, 7) is 0. The molecule has 0 atom stereocenters. The van der Waals surface area contributed by atoms with Crippen LogP contribution in [0, 0.1) is 0 Å². The molecule has 0 aliphatic heterocycles. The van der Waals surface area contributed by atoms with E-state index in [2.05, 4.69) is 5.32 Å². The largest absolute Gasteiger partial charge is 0.497 e. The zero-order chi connectivity index (χ0) is 16.2. The molecule has 1 amide bonds. The molecule has 0 aliphatic carbocycles. The van der Waals surface area contributed by atoms with Gasteiger partial charge in [0.15, 0.2) is 0 Å². The van der Waals surface area contributed by atoms with E-state index in [4.69, 9.17) is 20.8 Å². The third kappa shape index (κ3) is 3.73. The summed E-state index contributed by atoms with van der Waals surface area (Å²) in [5, 5.41) is 4.29. The van der Waals surface area contributed by atoms with Gasteiger partial charge in [-0.05, 0) is 54.6 Å². The predicted molar refractivity (Wildman–Crippen MR) is 91.9 cm³/mol. The minimum Gasteiger partial charge on any atom is -0.497 e. The van der Waals surface area contributed by atoms with Crippen molar-refractivity contribution in [3.05, 3.63) is 65.4 Å². The molecule has 23 heavy (non-hydrogen) atoms. The molecule has 5 heteroatoms. The lowest BCUT2D eigenvalue weighted by Gasteiger charge is -2.01. The van der Waals surface area contributed by atoms with Crippen LogP contribution in [0.3, 0.4) is 0 Å². The Morgan fingerprint density at radius 3 is 2.70 bits per heavy atom. The fourth-order valence-electron chi connectivity index (χ4n) is 2.13. The molecular weight excluding hydrogens is 314 g/mol. The summed E-state index contributed by atoms with van der Waals surface area (Å²) >= 11 is 5.80. The maximum Gasteiger partial charge on any atom is 0.248 e. The van der Waals surface area contributed by atoms with Gasteiger partial charge in [0.05, 0.1) is 7.11 Å². The van der Waals surface area contributed by atoms with Crippen LogP contribution in [0.5, 0.6) is 5.75 Å². The van der Waals surface area contributed by atoms with E-state index < -0.39 is 0 Å². The van der Waals surface area contributed by atoms with Crippen molar-refractivity contribution < 1.29 is 13.9 Å². The number of hydrogen-bond donors (Lipinski definition) is 1. The van der Waals surface area contributed by atoms with Crippen LogP contribution in [0.1, 0.15) is 5.76 Å². The van der Waals surface area contributed by atoms with Gasteiger partial charge < -0.3 is 14.5 Å². The maximum absolute atomic E-state index is 11.9. The Balaban J connectivity index is 1.71. The molecule has 0 radical (unpaired) electrons. The maximum atomic E-state index is 11.9. The number of ether oxygens (including phenoxy) is 1. The first-order chi connectivity index (χ1) is 11.1. The predicted octanol–water partition coefficient (Wildman–Crippen LogP) is 4.75. The minimum atomic E-state index is -0.245. The topological polar surface area (TPSA) is 51.5 Å². The molecule has 1 N–H and O–H groups in total. The normalized spacial score (nSPS) is 11.0. The first-order valence-electron chi connectivity index (χ1n) is 6.96. The summed E-state index contributed by atoms with van der Waals surface area (Å²) in [4.78, 5) is 11.9. The third-order valence-corrected chi connectivity index (χ3v) is 3.51. The molecule has 0 saturated carbocycles. The Hall–Kier alpha value is -2.72. The van der Waals surface area contributed by atoms with Gasteiger partial charge in [-0.3, -0.25) is 4.79 Å². The summed E-state index contributed by atoms with van der Waals surface area (Å²) in [6.07, 6.45) is 3.04. The number of fused-ring (bicyclic) bond motifs is 1. The molecule has 0 saturated heterocycles. The Labute approximate surface area is 138 Å². The number of rotatable bonds is 4. The lowest BCUT2D eigenvalue weighted by atomic mass is 10.2. The van der Waals surface area contributed by atoms with Crippen LogP contribution in [0.4, 0.5) is 5.69 Å². The number of anilines is 1. The van der Waals surface area contributed by atoms with E-state index in [1.165, 1.54) is 6.08 Å². The van der Waals surface area contributed by atoms with Crippen molar-refractivity contribution in [2.45, 2.75) is 0 Å².